The van der Waals surface area contributed by atoms with E-state index in [1.54, 1.807) is 7.05 Å². The lowest BCUT2D eigenvalue weighted by atomic mass is 10.1. The van der Waals surface area contributed by atoms with Crippen molar-refractivity contribution in [3.63, 3.8) is 0 Å². The van der Waals surface area contributed by atoms with Crippen LogP contribution in [-0.4, -0.2) is 41.6 Å². The second-order valence-corrected chi connectivity index (χ2v) is 6.13. The van der Waals surface area contributed by atoms with Gasteiger partial charge in [-0.1, -0.05) is 6.42 Å². The molecule has 0 aliphatic carbocycles. The predicted octanol–water partition coefficient (Wildman–Crippen LogP) is -0.0780. The maximum atomic E-state index is 12.4. The first kappa shape index (κ1) is 12.5. The Labute approximate surface area is 101 Å². The van der Waals surface area contributed by atoms with E-state index in [2.05, 4.69) is 5.10 Å². The third-order valence-corrected chi connectivity index (χ3v) is 5.22. The number of nitrogens with zero attached hydrogens (tertiary/aromatic N) is 3. The van der Waals surface area contributed by atoms with Crippen molar-refractivity contribution in [2.45, 2.75) is 30.3 Å². The lowest BCUT2D eigenvalue weighted by Gasteiger charge is -2.33. The van der Waals surface area contributed by atoms with Gasteiger partial charge in [-0.15, -0.1) is 0 Å². The Kier molecular flexibility index (Phi) is 3.50. The maximum absolute atomic E-state index is 12.4. The van der Waals surface area contributed by atoms with E-state index in [1.165, 1.54) is 21.3 Å². The Morgan fingerprint density at radius 2 is 2.29 bits per heavy atom. The summed E-state index contributed by atoms with van der Waals surface area (Å²) in [7, 11) is -1.82. The topological polar surface area (TPSA) is 81.2 Å². The third kappa shape index (κ3) is 2.22. The molecule has 1 aromatic heterocycles. The van der Waals surface area contributed by atoms with Crippen LogP contribution in [-0.2, 0) is 17.1 Å². The molecular formula is C10H18N4O2S. The standard InChI is InChI=1S/C10H18N4O2S/c1-13-10(5-6-12-13)17(15,16)14-7-3-2-4-9(14)8-11/h5-6,9H,2-4,7-8,11H2,1H3. The Morgan fingerprint density at radius 1 is 1.53 bits per heavy atom. The van der Waals surface area contributed by atoms with Gasteiger partial charge in [0.15, 0.2) is 5.03 Å². The van der Waals surface area contributed by atoms with Crippen LogP contribution in [0.5, 0.6) is 0 Å². The van der Waals surface area contributed by atoms with Crippen molar-refractivity contribution in [1.29, 1.82) is 0 Å². The Bertz CT molecular complexity index is 482. The quantitative estimate of drug-likeness (QED) is 0.822. The molecule has 0 saturated carbocycles. The van der Waals surface area contributed by atoms with Gasteiger partial charge in [0.2, 0.25) is 0 Å². The van der Waals surface area contributed by atoms with E-state index < -0.39 is 10.0 Å². The molecule has 1 fully saturated rings. The minimum absolute atomic E-state index is 0.0800. The van der Waals surface area contributed by atoms with E-state index in [4.69, 9.17) is 5.73 Å². The molecule has 0 amide bonds. The van der Waals surface area contributed by atoms with Crippen LogP contribution >= 0.6 is 0 Å². The summed E-state index contributed by atoms with van der Waals surface area (Å²) in [6.07, 6.45) is 4.27. The van der Waals surface area contributed by atoms with Crippen molar-refractivity contribution in [1.82, 2.24) is 14.1 Å². The van der Waals surface area contributed by atoms with E-state index in [1.807, 2.05) is 0 Å². The number of sulfonamides is 1. The van der Waals surface area contributed by atoms with Crippen LogP contribution in [0.15, 0.2) is 17.3 Å². The van der Waals surface area contributed by atoms with Crippen LogP contribution in [0.3, 0.4) is 0 Å². The molecular weight excluding hydrogens is 240 g/mol. The summed E-state index contributed by atoms with van der Waals surface area (Å²) in [5, 5.41) is 4.14. The maximum Gasteiger partial charge on any atom is 0.260 e. The number of rotatable bonds is 3. The molecule has 0 bridgehead atoms. The summed E-state index contributed by atoms with van der Waals surface area (Å²) in [5.74, 6) is 0. The molecule has 17 heavy (non-hydrogen) atoms. The Morgan fingerprint density at radius 3 is 2.88 bits per heavy atom. The summed E-state index contributed by atoms with van der Waals surface area (Å²) < 4.78 is 27.8. The molecule has 1 aliphatic rings. The van der Waals surface area contributed by atoms with E-state index >= 15 is 0 Å². The average Bonchev–Trinajstić information content (AvgIpc) is 2.76. The van der Waals surface area contributed by atoms with Crippen LogP contribution < -0.4 is 5.73 Å². The van der Waals surface area contributed by atoms with Crippen molar-refractivity contribution in [2.75, 3.05) is 13.1 Å². The van der Waals surface area contributed by atoms with E-state index in [9.17, 15) is 8.42 Å². The fourth-order valence-corrected chi connectivity index (χ4v) is 4.07. The molecule has 1 aromatic rings. The molecule has 0 radical (unpaired) electrons. The lowest BCUT2D eigenvalue weighted by Crippen LogP contribution is -2.47. The van der Waals surface area contributed by atoms with Crippen LogP contribution in [0.25, 0.3) is 0 Å². The number of hydrogen-bond donors (Lipinski definition) is 1. The zero-order chi connectivity index (χ0) is 12.5. The molecule has 1 atom stereocenters. The van der Waals surface area contributed by atoms with Gasteiger partial charge in [-0.25, -0.2) is 8.42 Å². The molecule has 1 unspecified atom stereocenters. The van der Waals surface area contributed by atoms with Gasteiger partial charge in [-0.3, -0.25) is 4.68 Å². The number of nitrogens with two attached hydrogens (primary N) is 1. The SMILES string of the molecule is Cn1nccc1S(=O)(=O)N1CCCCC1CN. The first-order chi connectivity index (χ1) is 8.07. The molecule has 2 N–H and O–H groups in total. The molecule has 2 rings (SSSR count). The number of aryl methyl sites for hydroxylation is 1. The largest absolute Gasteiger partial charge is 0.329 e. The highest BCUT2D eigenvalue weighted by Gasteiger charge is 2.34. The minimum Gasteiger partial charge on any atom is -0.329 e. The highest BCUT2D eigenvalue weighted by Crippen LogP contribution is 2.24. The third-order valence-electron chi connectivity index (χ3n) is 3.19. The Balaban J connectivity index is 2.34. The van der Waals surface area contributed by atoms with Crippen LogP contribution in [0.1, 0.15) is 19.3 Å². The lowest BCUT2D eigenvalue weighted by molar-refractivity contribution is 0.256. The van der Waals surface area contributed by atoms with Crippen molar-refractivity contribution in [2.24, 2.45) is 12.8 Å². The fraction of sp³-hybridized carbons (Fsp3) is 0.700. The van der Waals surface area contributed by atoms with Gasteiger partial charge in [-0.2, -0.15) is 9.40 Å². The highest BCUT2D eigenvalue weighted by molar-refractivity contribution is 7.89. The Hall–Kier alpha value is -0.920. The number of hydrogen-bond acceptors (Lipinski definition) is 4. The summed E-state index contributed by atoms with van der Waals surface area (Å²) in [5.41, 5.74) is 5.65. The summed E-state index contributed by atoms with van der Waals surface area (Å²) in [6.45, 7) is 0.923. The van der Waals surface area contributed by atoms with Gasteiger partial charge in [-0.05, 0) is 18.9 Å². The molecule has 0 spiro atoms. The molecule has 1 aliphatic heterocycles. The van der Waals surface area contributed by atoms with Gasteiger partial charge < -0.3 is 5.73 Å². The summed E-state index contributed by atoms with van der Waals surface area (Å²) >= 11 is 0. The van der Waals surface area contributed by atoms with Crippen LogP contribution in [0.4, 0.5) is 0 Å². The van der Waals surface area contributed by atoms with Gasteiger partial charge in [0, 0.05) is 26.2 Å². The van der Waals surface area contributed by atoms with Gasteiger partial charge in [0.1, 0.15) is 0 Å². The molecule has 1 saturated heterocycles. The number of aromatic nitrogens is 2. The minimum atomic E-state index is -3.46. The van der Waals surface area contributed by atoms with Crippen molar-refractivity contribution < 1.29 is 8.42 Å². The van der Waals surface area contributed by atoms with Crippen molar-refractivity contribution in [3.05, 3.63) is 12.3 Å². The molecule has 6 nitrogen and oxygen atoms in total. The summed E-state index contributed by atoms with van der Waals surface area (Å²) in [4.78, 5) is 0. The second-order valence-electron chi connectivity index (χ2n) is 4.29. The number of piperidine rings is 1. The molecule has 7 heteroatoms. The molecule has 0 aromatic carbocycles. The summed E-state index contributed by atoms with van der Waals surface area (Å²) in [6, 6.07) is 1.45. The monoisotopic (exact) mass is 258 g/mol. The highest BCUT2D eigenvalue weighted by atomic mass is 32.2. The average molecular weight is 258 g/mol. The van der Waals surface area contributed by atoms with Crippen molar-refractivity contribution >= 4 is 10.0 Å². The van der Waals surface area contributed by atoms with E-state index in [0.29, 0.717) is 13.1 Å². The van der Waals surface area contributed by atoms with Gasteiger partial charge in [0.25, 0.3) is 10.0 Å². The van der Waals surface area contributed by atoms with Crippen LogP contribution in [0.2, 0.25) is 0 Å². The molecule has 2 heterocycles. The van der Waals surface area contributed by atoms with E-state index in [0.717, 1.165) is 19.3 Å². The van der Waals surface area contributed by atoms with Gasteiger partial charge >= 0.3 is 0 Å². The normalized spacial score (nSPS) is 22.8. The first-order valence-corrected chi connectivity index (χ1v) is 7.21. The predicted molar refractivity (Wildman–Crippen MR) is 63.8 cm³/mol. The van der Waals surface area contributed by atoms with Crippen LogP contribution in [0, 0.1) is 0 Å². The fourth-order valence-electron chi connectivity index (χ4n) is 2.26. The van der Waals surface area contributed by atoms with E-state index in [-0.39, 0.29) is 11.1 Å². The zero-order valence-corrected chi connectivity index (χ0v) is 10.7. The smallest absolute Gasteiger partial charge is 0.260 e. The second kappa shape index (κ2) is 4.75. The zero-order valence-electron chi connectivity index (χ0n) is 9.91. The first-order valence-electron chi connectivity index (χ1n) is 5.77. The molecule has 96 valence electrons. The van der Waals surface area contributed by atoms with Crippen molar-refractivity contribution in [3.8, 4) is 0 Å². The van der Waals surface area contributed by atoms with Gasteiger partial charge in [0.05, 0.1) is 6.20 Å².